The predicted octanol–water partition coefficient (Wildman–Crippen LogP) is 2.64. The number of aromatic nitrogens is 4. The minimum Gasteiger partial charge on any atom is -0.358 e. The van der Waals surface area contributed by atoms with Gasteiger partial charge >= 0.3 is 5.82 Å². The maximum absolute atomic E-state index is 12.1. The van der Waals surface area contributed by atoms with Gasteiger partial charge in [0.05, 0.1) is 30.2 Å². The highest BCUT2D eigenvalue weighted by molar-refractivity contribution is 6.30. The molecule has 2 heterocycles. The lowest BCUT2D eigenvalue weighted by Crippen LogP contribution is -2.20. The highest BCUT2D eigenvalue weighted by atomic mass is 35.5. The van der Waals surface area contributed by atoms with Gasteiger partial charge in [0.25, 0.3) is 5.91 Å². The molecule has 0 fully saturated rings. The third-order valence-electron chi connectivity index (χ3n) is 3.51. The van der Waals surface area contributed by atoms with Crippen molar-refractivity contribution >= 4 is 29.0 Å². The zero-order valence-corrected chi connectivity index (χ0v) is 14.6. The van der Waals surface area contributed by atoms with E-state index >= 15 is 0 Å². The second kappa shape index (κ2) is 7.36. The molecule has 0 radical (unpaired) electrons. The summed E-state index contributed by atoms with van der Waals surface area (Å²) in [6, 6.07) is 8.71. The number of carbonyl (C=O) groups is 1. The molecular formula is C16H15ClN6O3. The molecule has 0 saturated heterocycles. The number of nitro groups is 1. The average molecular weight is 375 g/mol. The molecule has 9 nitrogen and oxygen atoms in total. The molecule has 1 N–H and O–H groups in total. The standard InChI is InChI=1S/C16H15ClN6O3/c1-11-5-16(23(25)26)22(20-11)10-15(24)19-14-7-18-21(9-14)8-12-3-2-4-13(17)6-12/h2-7,9H,8,10H2,1H3,(H,19,24). The Morgan fingerprint density at radius 2 is 2.19 bits per heavy atom. The summed E-state index contributed by atoms with van der Waals surface area (Å²) in [5.41, 5.74) is 1.93. The third-order valence-corrected chi connectivity index (χ3v) is 3.75. The molecule has 0 unspecified atom stereocenters. The Labute approximate surface area is 153 Å². The van der Waals surface area contributed by atoms with Crippen molar-refractivity contribution in [1.29, 1.82) is 0 Å². The Kier molecular flexibility index (Phi) is 4.99. The maximum Gasteiger partial charge on any atom is 0.345 e. The Morgan fingerprint density at radius 1 is 1.38 bits per heavy atom. The molecule has 0 aliphatic rings. The largest absolute Gasteiger partial charge is 0.358 e. The molecule has 0 bridgehead atoms. The third kappa shape index (κ3) is 4.25. The summed E-state index contributed by atoms with van der Waals surface area (Å²) in [7, 11) is 0. The van der Waals surface area contributed by atoms with Crippen molar-refractivity contribution in [3.63, 3.8) is 0 Å². The van der Waals surface area contributed by atoms with Gasteiger partial charge in [-0.2, -0.15) is 5.10 Å². The summed E-state index contributed by atoms with van der Waals surface area (Å²) >= 11 is 5.96. The van der Waals surface area contributed by atoms with Gasteiger partial charge in [-0.3, -0.25) is 9.48 Å². The first kappa shape index (κ1) is 17.6. The van der Waals surface area contributed by atoms with Gasteiger partial charge < -0.3 is 15.4 Å². The van der Waals surface area contributed by atoms with E-state index in [0.29, 0.717) is 22.9 Å². The number of hydrogen-bond donors (Lipinski definition) is 1. The second-order valence-electron chi connectivity index (χ2n) is 5.66. The minimum atomic E-state index is -0.573. The zero-order valence-electron chi connectivity index (χ0n) is 13.8. The normalized spacial score (nSPS) is 10.7. The predicted molar refractivity (Wildman–Crippen MR) is 95.0 cm³/mol. The van der Waals surface area contributed by atoms with E-state index in [9.17, 15) is 14.9 Å². The summed E-state index contributed by atoms with van der Waals surface area (Å²) in [5.74, 6) is -0.659. The van der Waals surface area contributed by atoms with Crippen LogP contribution in [-0.4, -0.2) is 30.4 Å². The first-order chi connectivity index (χ1) is 12.4. The SMILES string of the molecule is Cc1cc([N+](=O)[O-])n(CC(=O)Nc2cnn(Cc3cccc(Cl)c3)c2)n1. The summed E-state index contributed by atoms with van der Waals surface area (Å²) in [6.07, 6.45) is 3.17. The molecule has 3 rings (SSSR count). The van der Waals surface area contributed by atoms with Crippen LogP contribution in [0.1, 0.15) is 11.3 Å². The first-order valence-electron chi connectivity index (χ1n) is 7.66. The van der Waals surface area contributed by atoms with E-state index in [4.69, 9.17) is 11.6 Å². The van der Waals surface area contributed by atoms with E-state index in [-0.39, 0.29) is 12.4 Å². The van der Waals surface area contributed by atoms with Crippen LogP contribution in [0, 0.1) is 17.0 Å². The summed E-state index contributed by atoms with van der Waals surface area (Å²) in [6.45, 7) is 1.87. The van der Waals surface area contributed by atoms with Crippen LogP contribution in [0.3, 0.4) is 0 Å². The number of anilines is 1. The smallest absolute Gasteiger partial charge is 0.345 e. The molecule has 3 aromatic rings. The Bertz CT molecular complexity index is 965. The molecule has 0 atom stereocenters. The van der Waals surface area contributed by atoms with Gasteiger partial charge in [-0.15, -0.1) is 4.68 Å². The van der Waals surface area contributed by atoms with Crippen LogP contribution in [-0.2, 0) is 17.9 Å². The zero-order chi connectivity index (χ0) is 18.7. The molecule has 0 saturated carbocycles. The number of aryl methyl sites for hydroxylation is 1. The fourth-order valence-electron chi connectivity index (χ4n) is 2.47. The number of carbonyl (C=O) groups excluding carboxylic acids is 1. The van der Waals surface area contributed by atoms with Crippen molar-refractivity contribution < 1.29 is 9.72 Å². The Balaban J connectivity index is 1.64. The van der Waals surface area contributed by atoms with Crippen LogP contribution < -0.4 is 5.32 Å². The van der Waals surface area contributed by atoms with Crippen molar-refractivity contribution in [2.75, 3.05) is 5.32 Å². The van der Waals surface area contributed by atoms with Crippen LogP contribution in [0.5, 0.6) is 0 Å². The number of hydrogen-bond acceptors (Lipinski definition) is 5. The van der Waals surface area contributed by atoms with Crippen molar-refractivity contribution in [1.82, 2.24) is 19.6 Å². The van der Waals surface area contributed by atoms with E-state index in [1.165, 1.54) is 12.3 Å². The lowest BCUT2D eigenvalue weighted by molar-refractivity contribution is -0.392. The van der Waals surface area contributed by atoms with Crippen LogP contribution in [0.25, 0.3) is 0 Å². The van der Waals surface area contributed by atoms with Crippen molar-refractivity contribution in [3.05, 3.63) is 69.1 Å². The van der Waals surface area contributed by atoms with E-state index in [2.05, 4.69) is 15.5 Å². The van der Waals surface area contributed by atoms with E-state index in [1.54, 1.807) is 23.9 Å². The second-order valence-corrected chi connectivity index (χ2v) is 6.10. The van der Waals surface area contributed by atoms with E-state index in [0.717, 1.165) is 10.2 Å². The molecule has 0 aliphatic carbocycles. The van der Waals surface area contributed by atoms with Gasteiger partial charge in [0.1, 0.15) is 0 Å². The Hall–Kier alpha value is -3.20. The van der Waals surface area contributed by atoms with E-state index < -0.39 is 10.8 Å². The average Bonchev–Trinajstić information content (AvgIpc) is 3.13. The van der Waals surface area contributed by atoms with Gasteiger partial charge in [-0.1, -0.05) is 28.8 Å². The molecule has 0 aliphatic heterocycles. The highest BCUT2D eigenvalue weighted by Gasteiger charge is 2.19. The number of amides is 1. The monoisotopic (exact) mass is 374 g/mol. The highest BCUT2D eigenvalue weighted by Crippen LogP contribution is 2.15. The molecule has 0 spiro atoms. The molecular weight excluding hydrogens is 360 g/mol. The van der Waals surface area contributed by atoms with Crippen LogP contribution in [0.4, 0.5) is 11.5 Å². The maximum atomic E-state index is 12.1. The molecule has 26 heavy (non-hydrogen) atoms. The molecule has 2 aromatic heterocycles. The van der Waals surface area contributed by atoms with Crippen LogP contribution >= 0.6 is 11.6 Å². The number of halogens is 1. The quantitative estimate of drug-likeness (QED) is 0.527. The molecule has 134 valence electrons. The number of nitrogens with one attached hydrogen (secondary N) is 1. The van der Waals surface area contributed by atoms with Gasteiger partial charge in [0.2, 0.25) is 0 Å². The summed E-state index contributed by atoms with van der Waals surface area (Å²) in [5, 5.41) is 22.4. The number of rotatable bonds is 6. The Morgan fingerprint density at radius 3 is 2.92 bits per heavy atom. The molecule has 1 aromatic carbocycles. The molecule has 1 amide bonds. The first-order valence-corrected chi connectivity index (χ1v) is 8.04. The van der Waals surface area contributed by atoms with Crippen LogP contribution in [0.2, 0.25) is 5.02 Å². The molecule has 10 heteroatoms. The number of nitrogens with zero attached hydrogens (tertiary/aromatic N) is 5. The van der Waals surface area contributed by atoms with Crippen LogP contribution in [0.15, 0.2) is 42.7 Å². The van der Waals surface area contributed by atoms with E-state index in [1.807, 2.05) is 18.2 Å². The lowest BCUT2D eigenvalue weighted by Gasteiger charge is -2.03. The lowest BCUT2D eigenvalue weighted by atomic mass is 10.2. The fraction of sp³-hybridized carbons (Fsp3) is 0.188. The fourth-order valence-corrected chi connectivity index (χ4v) is 2.68. The van der Waals surface area contributed by atoms with Gasteiger partial charge in [-0.05, 0) is 29.5 Å². The summed E-state index contributed by atoms with van der Waals surface area (Å²) in [4.78, 5) is 22.5. The van der Waals surface area contributed by atoms with Crippen molar-refractivity contribution in [3.8, 4) is 0 Å². The van der Waals surface area contributed by atoms with Crippen molar-refractivity contribution in [2.45, 2.75) is 20.0 Å². The van der Waals surface area contributed by atoms with Gasteiger partial charge in [0.15, 0.2) is 6.54 Å². The summed E-state index contributed by atoms with van der Waals surface area (Å²) < 4.78 is 2.71. The topological polar surface area (TPSA) is 108 Å². The van der Waals surface area contributed by atoms with Gasteiger partial charge in [0, 0.05) is 11.2 Å². The van der Waals surface area contributed by atoms with Crippen molar-refractivity contribution in [2.24, 2.45) is 0 Å². The van der Waals surface area contributed by atoms with Gasteiger partial charge in [-0.25, -0.2) is 0 Å². The minimum absolute atomic E-state index is 0.227. The number of benzene rings is 1.